The number of fused-ring (bicyclic) bond motifs is 18. The van der Waals surface area contributed by atoms with Crippen LogP contribution in [0.2, 0.25) is 0 Å². The van der Waals surface area contributed by atoms with E-state index in [1.165, 1.54) is 187 Å². The van der Waals surface area contributed by atoms with Gasteiger partial charge in [0.2, 0.25) is 0 Å². The van der Waals surface area contributed by atoms with Gasteiger partial charge in [0, 0.05) is 98.8 Å². The zero-order chi connectivity index (χ0) is 75.4. The maximum absolute atomic E-state index is 2.44. The normalized spacial score (nSPS) is 12.3. The molecule has 0 saturated heterocycles. The van der Waals surface area contributed by atoms with Crippen LogP contribution in [0.3, 0.4) is 0 Å². The van der Waals surface area contributed by atoms with Gasteiger partial charge in [-0.2, -0.15) is 0 Å². The molecule has 0 amide bonds. The van der Waals surface area contributed by atoms with E-state index in [1.54, 1.807) is 0 Å². The first kappa shape index (κ1) is 66.5. The lowest BCUT2D eigenvalue weighted by Crippen LogP contribution is -2.10. The third-order valence-electron chi connectivity index (χ3n) is 23.7. The summed E-state index contributed by atoms with van der Waals surface area (Å²) in [7, 11) is 0. The van der Waals surface area contributed by atoms with Gasteiger partial charge in [-0.3, -0.25) is 0 Å². The van der Waals surface area contributed by atoms with Crippen molar-refractivity contribution in [2.75, 3.05) is 0 Å². The van der Waals surface area contributed by atoms with Gasteiger partial charge in [0.05, 0.1) is 66.2 Å². The van der Waals surface area contributed by atoms with Crippen LogP contribution in [-0.4, -0.2) is 27.4 Å². The molecule has 6 aromatic heterocycles. The highest BCUT2D eigenvalue weighted by Gasteiger charge is 2.24. The molecule has 0 atom stereocenters. The molecule has 0 radical (unpaired) electrons. The highest BCUT2D eigenvalue weighted by atomic mass is 15.0. The summed E-state index contributed by atoms with van der Waals surface area (Å²) in [6.45, 7) is 18.1. The molecule has 0 saturated carbocycles. The van der Waals surface area contributed by atoms with E-state index in [9.17, 15) is 0 Å². The van der Waals surface area contributed by atoms with E-state index in [2.05, 4.69) is 435 Å². The van der Waals surface area contributed by atoms with Gasteiger partial charge in [0.25, 0.3) is 0 Å². The molecule has 536 valence electrons. The summed E-state index contributed by atoms with van der Waals surface area (Å²) < 4.78 is 14.5. The lowest BCUT2D eigenvalue weighted by atomic mass is 9.85. The monoisotopic (exact) mass is 1440 g/mol. The second kappa shape index (κ2) is 25.5. The van der Waals surface area contributed by atoms with Crippen LogP contribution in [0.25, 0.3) is 187 Å². The number of para-hydroxylation sites is 6. The highest BCUT2D eigenvalue weighted by molar-refractivity contribution is 6.15. The van der Waals surface area contributed by atoms with E-state index < -0.39 is 0 Å². The maximum atomic E-state index is 2.44. The van der Waals surface area contributed by atoms with Crippen molar-refractivity contribution in [1.82, 2.24) is 27.4 Å². The molecule has 22 rings (SSSR count). The minimum absolute atomic E-state index is 0.0663. The summed E-state index contributed by atoms with van der Waals surface area (Å²) in [6.07, 6.45) is 0. The van der Waals surface area contributed by atoms with Gasteiger partial charge in [-0.05, 0) is 228 Å². The Kier molecular flexibility index (Phi) is 15.1. The standard InChI is InChI=1S/C56H47N3.C50H35N3/c1-55(2,3)38-25-30-53-47(33-38)48-34-39(56(4,5)6)26-31-54(48)57(53)40-27-22-36(23-28-40)37-24-29-52-46(32-37)45-18-9-12-21-51(45)59(52)42-15-13-14-41(35-42)58-49-19-10-7-16-43(49)44-17-8-11-20-50(44)58;1-32-18-25-48-42(28-32)43-29-33(2)19-26-49(43)51(48)36-23-20-34(21-24-36)35-22-27-50-44(30-35)41-14-5-8-17-47(41)53(50)38-11-9-10-37(31-38)52-45-15-6-3-12-39(45)40-13-4-7-16-46(40)52/h7-35H,1-6H3;3-31H,1-2H3. The number of hydrogen-bond donors (Lipinski definition) is 0. The van der Waals surface area contributed by atoms with Crippen molar-refractivity contribution in [3.8, 4) is 56.4 Å². The van der Waals surface area contributed by atoms with Crippen LogP contribution in [0.5, 0.6) is 0 Å². The van der Waals surface area contributed by atoms with E-state index in [4.69, 9.17) is 0 Å². The van der Waals surface area contributed by atoms with Crippen molar-refractivity contribution in [2.24, 2.45) is 0 Å². The summed E-state index contributed by atoms with van der Waals surface area (Å²) in [5, 5.41) is 15.3. The Bertz CT molecular complexity index is 7350. The Labute approximate surface area is 650 Å². The molecular formula is C106H82N6. The first-order valence-corrected chi connectivity index (χ1v) is 39.2. The van der Waals surface area contributed by atoms with Crippen LogP contribution < -0.4 is 0 Å². The molecule has 0 bridgehead atoms. The molecule has 0 spiro atoms. The second-order valence-electron chi connectivity index (χ2n) is 32.7. The van der Waals surface area contributed by atoms with Crippen LogP contribution in [0.15, 0.2) is 352 Å². The second-order valence-corrected chi connectivity index (χ2v) is 32.7. The van der Waals surface area contributed by atoms with Crippen molar-refractivity contribution < 1.29 is 0 Å². The topological polar surface area (TPSA) is 29.6 Å². The van der Waals surface area contributed by atoms with Crippen LogP contribution in [-0.2, 0) is 10.8 Å². The molecule has 0 aliphatic rings. The summed E-state index contributed by atoms with van der Waals surface area (Å²) in [6, 6.07) is 130. The average Bonchev–Trinajstić information content (AvgIpc) is 1.58. The fraction of sp³-hybridized carbons (Fsp3) is 0.0943. The Morgan fingerprint density at radius 1 is 0.161 bits per heavy atom. The van der Waals surface area contributed by atoms with Gasteiger partial charge in [-0.1, -0.05) is 235 Å². The van der Waals surface area contributed by atoms with Crippen LogP contribution in [0.1, 0.15) is 63.8 Å². The van der Waals surface area contributed by atoms with Crippen molar-refractivity contribution in [1.29, 1.82) is 0 Å². The fourth-order valence-electron chi connectivity index (χ4n) is 18.2. The van der Waals surface area contributed by atoms with Crippen LogP contribution in [0.4, 0.5) is 0 Å². The van der Waals surface area contributed by atoms with E-state index >= 15 is 0 Å². The minimum atomic E-state index is 0.0663. The Balaban J connectivity index is 0.000000142. The van der Waals surface area contributed by atoms with Gasteiger partial charge < -0.3 is 27.4 Å². The summed E-state index contributed by atoms with van der Waals surface area (Å²) in [5.41, 5.74) is 31.7. The smallest absolute Gasteiger partial charge is 0.0541 e. The molecule has 112 heavy (non-hydrogen) atoms. The zero-order valence-electron chi connectivity index (χ0n) is 64.2. The van der Waals surface area contributed by atoms with Gasteiger partial charge in [0.1, 0.15) is 0 Å². The van der Waals surface area contributed by atoms with Gasteiger partial charge in [-0.25, -0.2) is 0 Å². The summed E-state index contributed by atoms with van der Waals surface area (Å²) >= 11 is 0. The van der Waals surface area contributed by atoms with Crippen molar-refractivity contribution in [3.05, 3.63) is 374 Å². The Morgan fingerprint density at radius 2 is 0.384 bits per heavy atom. The van der Waals surface area contributed by atoms with Crippen LogP contribution in [0, 0.1) is 13.8 Å². The summed E-state index contributed by atoms with van der Waals surface area (Å²) in [5.74, 6) is 0. The molecule has 6 heteroatoms. The number of aromatic nitrogens is 6. The molecule has 0 aliphatic carbocycles. The van der Waals surface area contributed by atoms with E-state index in [1.807, 2.05) is 0 Å². The molecule has 0 aliphatic heterocycles. The Hall–Kier alpha value is -13.7. The van der Waals surface area contributed by atoms with E-state index in [0.29, 0.717) is 0 Å². The lowest BCUT2D eigenvalue weighted by Gasteiger charge is -2.19. The molecule has 6 nitrogen and oxygen atoms in total. The fourth-order valence-corrected chi connectivity index (χ4v) is 18.2. The average molecular weight is 1440 g/mol. The number of aryl methyl sites for hydroxylation is 2. The lowest BCUT2D eigenvalue weighted by molar-refractivity contribution is 0.590. The first-order valence-electron chi connectivity index (χ1n) is 39.2. The highest BCUT2D eigenvalue weighted by Crippen LogP contribution is 2.44. The predicted octanol–water partition coefficient (Wildman–Crippen LogP) is 28.5. The number of nitrogens with zero attached hydrogens (tertiary/aromatic N) is 6. The van der Waals surface area contributed by atoms with Crippen molar-refractivity contribution in [2.45, 2.75) is 66.2 Å². The SMILES string of the molecule is CC(C)(C)c1ccc2c(c1)c1cc(C(C)(C)C)ccc1n2-c1ccc(-c2ccc3c(c2)c2ccccc2n3-c2cccc(-n3c4ccccc4c4ccccc43)c2)cc1.Cc1ccc2c(c1)c1cc(C)ccc1n2-c1ccc(-c2ccc3c(c2)c2ccccc2n3-c2cccc(-n3c4ccccc4c4ccccc43)c2)cc1. The molecule has 0 fully saturated rings. The molecular weight excluding hydrogens is 1360 g/mol. The van der Waals surface area contributed by atoms with Crippen molar-refractivity contribution >= 4 is 131 Å². The largest absolute Gasteiger partial charge is 0.309 e. The van der Waals surface area contributed by atoms with Gasteiger partial charge in [0.15, 0.2) is 0 Å². The quantitative estimate of drug-likeness (QED) is 0.145. The third-order valence-corrected chi connectivity index (χ3v) is 23.7. The van der Waals surface area contributed by atoms with E-state index in [0.717, 1.165) is 22.7 Å². The van der Waals surface area contributed by atoms with E-state index in [-0.39, 0.29) is 10.8 Å². The molecule has 16 aromatic carbocycles. The molecule has 0 unspecified atom stereocenters. The van der Waals surface area contributed by atoms with Crippen molar-refractivity contribution in [3.63, 3.8) is 0 Å². The van der Waals surface area contributed by atoms with Gasteiger partial charge in [-0.15, -0.1) is 0 Å². The molecule has 0 N–H and O–H groups in total. The number of rotatable bonds is 8. The number of benzene rings is 16. The maximum Gasteiger partial charge on any atom is 0.0541 e. The molecule has 6 heterocycles. The first-order chi connectivity index (χ1) is 54.6. The predicted molar refractivity (Wildman–Crippen MR) is 477 cm³/mol. The number of hydrogen-bond acceptors (Lipinski definition) is 0. The van der Waals surface area contributed by atoms with Gasteiger partial charge >= 0.3 is 0 Å². The Morgan fingerprint density at radius 3 is 0.679 bits per heavy atom. The minimum Gasteiger partial charge on any atom is -0.309 e. The summed E-state index contributed by atoms with van der Waals surface area (Å²) in [4.78, 5) is 0. The van der Waals surface area contributed by atoms with Crippen LogP contribution >= 0.6 is 0 Å². The third kappa shape index (κ3) is 10.7. The molecule has 22 aromatic rings. The zero-order valence-corrected chi connectivity index (χ0v) is 64.2.